The number of nitrogens with two attached hydrogens (primary N) is 1. The van der Waals surface area contributed by atoms with E-state index in [1.807, 2.05) is 29.2 Å². The molecule has 4 heteroatoms. The summed E-state index contributed by atoms with van der Waals surface area (Å²) in [5.74, 6) is 0.659. The van der Waals surface area contributed by atoms with E-state index in [0.717, 1.165) is 25.8 Å². The third-order valence-corrected chi connectivity index (χ3v) is 3.50. The summed E-state index contributed by atoms with van der Waals surface area (Å²) in [6.45, 7) is 1.32. The molecule has 0 spiro atoms. The average molecular weight is 248 g/mol. The molecule has 0 bridgehead atoms. The molecule has 1 amide bonds. The van der Waals surface area contributed by atoms with Crippen molar-refractivity contribution in [1.82, 2.24) is 4.90 Å². The zero-order chi connectivity index (χ0) is 13.0. The fourth-order valence-electron chi connectivity index (χ4n) is 2.49. The molecule has 0 saturated carbocycles. The molecular weight excluding hydrogens is 228 g/mol. The quantitative estimate of drug-likeness (QED) is 0.885. The largest absolute Gasteiger partial charge is 0.496 e. The van der Waals surface area contributed by atoms with Gasteiger partial charge < -0.3 is 15.4 Å². The van der Waals surface area contributed by atoms with Crippen LogP contribution >= 0.6 is 0 Å². The van der Waals surface area contributed by atoms with Crippen LogP contribution in [0.4, 0.5) is 0 Å². The molecule has 1 atom stereocenters. The number of nitrogens with zero attached hydrogens (tertiary/aromatic N) is 1. The lowest BCUT2D eigenvalue weighted by atomic mass is 10.0. The number of hydrogen-bond donors (Lipinski definition) is 1. The van der Waals surface area contributed by atoms with Crippen molar-refractivity contribution in [1.29, 1.82) is 0 Å². The van der Waals surface area contributed by atoms with Crippen molar-refractivity contribution in [2.24, 2.45) is 5.73 Å². The first-order valence-corrected chi connectivity index (χ1v) is 6.42. The second-order valence-corrected chi connectivity index (χ2v) is 4.58. The van der Waals surface area contributed by atoms with Gasteiger partial charge in [0.2, 0.25) is 0 Å². The van der Waals surface area contributed by atoms with Gasteiger partial charge in [-0.05, 0) is 31.4 Å². The third kappa shape index (κ3) is 2.48. The Kier molecular flexibility index (Phi) is 4.20. The van der Waals surface area contributed by atoms with Gasteiger partial charge in [-0.25, -0.2) is 0 Å². The molecule has 1 aliphatic heterocycles. The van der Waals surface area contributed by atoms with E-state index in [4.69, 9.17) is 10.5 Å². The zero-order valence-electron chi connectivity index (χ0n) is 10.8. The second kappa shape index (κ2) is 5.87. The van der Waals surface area contributed by atoms with E-state index >= 15 is 0 Å². The summed E-state index contributed by atoms with van der Waals surface area (Å²) in [7, 11) is 1.59. The van der Waals surface area contributed by atoms with E-state index in [-0.39, 0.29) is 11.9 Å². The second-order valence-electron chi connectivity index (χ2n) is 4.58. The standard InChI is InChI=1S/C14H20N2O2/c1-18-13-8-3-2-7-12(13)14(17)16-9-5-4-6-11(16)10-15/h2-3,7-8,11H,4-6,9-10,15H2,1H3. The summed E-state index contributed by atoms with van der Waals surface area (Å²) in [6.07, 6.45) is 3.20. The molecule has 1 saturated heterocycles. The van der Waals surface area contributed by atoms with Crippen LogP contribution in [-0.2, 0) is 0 Å². The summed E-state index contributed by atoms with van der Waals surface area (Å²) in [4.78, 5) is 14.4. The molecule has 1 aromatic carbocycles. The number of hydrogen-bond acceptors (Lipinski definition) is 3. The third-order valence-electron chi connectivity index (χ3n) is 3.50. The Balaban J connectivity index is 2.24. The van der Waals surface area contributed by atoms with Gasteiger partial charge in [0, 0.05) is 19.1 Å². The number of carbonyl (C=O) groups is 1. The van der Waals surface area contributed by atoms with Gasteiger partial charge in [-0.15, -0.1) is 0 Å². The van der Waals surface area contributed by atoms with E-state index in [1.54, 1.807) is 7.11 Å². The highest BCUT2D eigenvalue weighted by atomic mass is 16.5. The Hall–Kier alpha value is -1.55. The molecule has 0 aliphatic carbocycles. The normalized spacial score (nSPS) is 19.7. The summed E-state index contributed by atoms with van der Waals surface area (Å²) < 4.78 is 5.25. The van der Waals surface area contributed by atoms with Crippen LogP contribution < -0.4 is 10.5 Å². The van der Waals surface area contributed by atoms with Crippen LogP contribution in [0, 0.1) is 0 Å². The Bertz CT molecular complexity index is 420. The maximum absolute atomic E-state index is 12.5. The van der Waals surface area contributed by atoms with Crippen LogP contribution in [0.3, 0.4) is 0 Å². The number of rotatable bonds is 3. The Morgan fingerprint density at radius 1 is 1.44 bits per heavy atom. The lowest BCUT2D eigenvalue weighted by molar-refractivity contribution is 0.0620. The van der Waals surface area contributed by atoms with Crippen molar-refractivity contribution in [2.45, 2.75) is 25.3 Å². The molecule has 1 unspecified atom stereocenters. The molecular formula is C14H20N2O2. The van der Waals surface area contributed by atoms with Crippen molar-refractivity contribution in [2.75, 3.05) is 20.2 Å². The number of ether oxygens (including phenoxy) is 1. The topological polar surface area (TPSA) is 55.6 Å². The molecule has 0 aromatic heterocycles. The SMILES string of the molecule is COc1ccccc1C(=O)N1CCCCC1CN. The van der Waals surface area contributed by atoms with Gasteiger partial charge in [0.05, 0.1) is 12.7 Å². The van der Waals surface area contributed by atoms with Gasteiger partial charge in [0.1, 0.15) is 5.75 Å². The minimum absolute atomic E-state index is 0.0302. The van der Waals surface area contributed by atoms with Crippen LogP contribution in [0.2, 0.25) is 0 Å². The van der Waals surface area contributed by atoms with E-state index in [0.29, 0.717) is 17.9 Å². The van der Waals surface area contributed by atoms with Crippen LogP contribution in [0.15, 0.2) is 24.3 Å². The van der Waals surface area contributed by atoms with E-state index in [9.17, 15) is 4.79 Å². The highest BCUT2D eigenvalue weighted by Gasteiger charge is 2.27. The molecule has 2 rings (SSSR count). The van der Waals surface area contributed by atoms with Crippen molar-refractivity contribution in [3.8, 4) is 5.75 Å². The van der Waals surface area contributed by atoms with Gasteiger partial charge in [-0.2, -0.15) is 0 Å². The number of likely N-dealkylation sites (tertiary alicyclic amines) is 1. The van der Waals surface area contributed by atoms with Gasteiger partial charge in [-0.1, -0.05) is 12.1 Å². The highest BCUT2D eigenvalue weighted by molar-refractivity contribution is 5.97. The maximum Gasteiger partial charge on any atom is 0.257 e. The average Bonchev–Trinajstić information content (AvgIpc) is 2.46. The highest BCUT2D eigenvalue weighted by Crippen LogP contribution is 2.24. The Morgan fingerprint density at radius 2 is 2.22 bits per heavy atom. The zero-order valence-corrected chi connectivity index (χ0v) is 10.8. The van der Waals surface area contributed by atoms with Crippen LogP contribution in [-0.4, -0.2) is 37.0 Å². The molecule has 1 heterocycles. The Labute approximate surface area is 108 Å². The predicted octanol–water partition coefficient (Wildman–Crippen LogP) is 1.65. The molecule has 2 N–H and O–H groups in total. The number of benzene rings is 1. The van der Waals surface area contributed by atoms with Gasteiger partial charge in [0.25, 0.3) is 5.91 Å². The van der Waals surface area contributed by atoms with Crippen molar-refractivity contribution in [3.05, 3.63) is 29.8 Å². The smallest absolute Gasteiger partial charge is 0.257 e. The van der Waals surface area contributed by atoms with Crippen LogP contribution in [0.5, 0.6) is 5.75 Å². The van der Waals surface area contributed by atoms with Crippen molar-refractivity contribution < 1.29 is 9.53 Å². The van der Waals surface area contributed by atoms with Gasteiger partial charge in [-0.3, -0.25) is 4.79 Å². The number of piperidine rings is 1. The van der Waals surface area contributed by atoms with E-state index < -0.39 is 0 Å². The monoisotopic (exact) mass is 248 g/mol. The first-order chi connectivity index (χ1) is 8.77. The maximum atomic E-state index is 12.5. The summed E-state index contributed by atoms with van der Waals surface area (Å²) >= 11 is 0. The summed E-state index contributed by atoms with van der Waals surface area (Å²) in [5.41, 5.74) is 6.38. The molecule has 4 nitrogen and oxygen atoms in total. The lowest BCUT2D eigenvalue weighted by Crippen LogP contribution is -2.47. The van der Waals surface area contributed by atoms with Crippen molar-refractivity contribution >= 4 is 5.91 Å². The summed E-state index contributed by atoms with van der Waals surface area (Å²) in [6, 6.07) is 7.51. The molecule has 1 aromatic rings. The fraction of sp³-hybridized carbons (Fsp3) is 0.500. The van der Waals surface area contributed by atoms with E-state index in [2.05, 4.69) is 0 Å². The Morgan fingerprint density at radius 3 is 2.94 bits per heavy atom. The fourth-order valence-corrected chi connectivity index (χ4v) is 2.49. The molecule has 1 fully saturated rings. The first kappa shape index (κ1) is 12.9. The van der Waals surface area contributed by atoms with Crippen LogP contribution in [0.1, 0.15) is 29.6 Å². The number of methoxy groups -OCH3 is 1. The van der Waals surface area contributed by atoms with Crippen LogP contribution in [0.25, 0.3) is 0 Å². The number of para-hydroxylation sites is 1. The van der Waals surface area contributed by atoms with Gasteiger partial charge in [0.15, 0.2) is 0 Å². The van der Waals surface area contributed by atoms with Crippen molar-refractivity contribution in [3.63, 3.8) is 0 Å². The lowest BCUT2D eigenvalue weighted by Gasteiger charge is -2.35. The summed E-state index contributed by atoms with van der Waals surface area (Å²) in [5, 5.41) is 0. The molecule has 0 radical (unpaired) electrons. The minimum Gasteiger partial charge on any atom is -0.496 e. The number of carbonyl (C=O) groups excluding carboxylic acids is 1. The van der Waals surface area contributed by atoms with Gasteiger partial charge >= 0.3 is 0 Å². The predicted molar refractivity (Wildman–Crippen MR) is 70.7 cm³/mol. The molecule has 1 aliphatic rings. The van der Waals surface area contributed by atoms with E-state index in [1.165, 1.54) is 0 Å². The first-order valence-electron chi connectivity index (χ1n) is 6.42. The molecule has 98 valence electrons. The minimum atomic E-state index is 0.0302. The molecule has 18 heavy (non-hydrogen) atoms. The number of amides is 1.